The minimum absolute atomic E-state index is 0.0285. The quantitative estimate of drug-likeness (QED) is 0.806. The molecule has 2 unspecified atom stereocenters. The molecule has 2 saturated heterocycles. The van der Waals surface area contributed by atoms with Crippen molar-refractivity contribution in [3.05, 3.63) is 18.0 Å². The van der Waals surface area contributed by atoms with Crippen LogP contribution in [0.15, 0.2) is 12.4 Å². The first-order valence-corrected chi connectivity index (χ1v) is 10.2. The van der Waals surface area contributed by atoms with E-state index in [1.807, 2.05) is 4.90 Å². The van der Waals surface area contributed by atoms with Crippen LogP contribution in [0.5, 0.6) is 0 Å². The van der Waals surface area contributed by atoms with Crippen LogP contribution in [0.25, 0.3) is 0 Å². The maximum Gasteiger partial charge on any atom is 0.257 e. The standard InChI is InChI=1S/C16H24N4O3S/c1-12-4-3-6-20(10-12)15(21)13-8-17-16(18-9-13)19(2)14-5-7-24(22,23)11-14/h8-9,12,14H,3-7,10-11H2,1-2H3. The lowest BCUT2D eigenvalue weighted by atomic mass is 10.00. The van der Waals surface area contributed by atoms with Gasteiger partial charge in [-0.1, -0.05) is 6.92 Å². The summed E-state index contributed by atoms with van der Waals surface area (Å²) in [5.74, 6) is 1.31. The Morgan fingerprint density at radius 1 is 1.29 bits per heavy atom. The lowest BCUT2D eigenvalue weighted by Gasteiger charge is -2.31. The van der Waals surface area contributed by atoms with E-state index in [-0.39, 0.29) is 23.5 Å². The number of piperidine rings is 1. The van der Waals surface area contributed by atoms with E-state index in [1.54, 1.807) is 24.3 Å². The number of likely N-dealkylation sites (tertiary alicyclic amines) is 1. The van der Waals surface area contributed by atoms with Crippen LogP contribution in [-0.4, -0.2) is 66.9 Å². The Kier molecular flexibility index (Phi) is 4.76. The van der Waals surface area contributed by atoms with Gasteiger partial charge in [0, 0.05) is 38.6 Å². The summed E-state index contributed by atoms with van der Waals surface area (Å²) in [4.78, 5) is 24.7. The molecule has 0 aliphatic carbocycles. The number of sulfone groups is 1. The Labute approximate surface area is 143 Å². The molecule has 2 atom stereocenters. The monoisotopic (exact) mass is 352 g/mol. The van der Waals surface area contributed by atoms with Crippen molar-refractivity contribution in [2.45, 2.75) is 32.2 Å². The second-order valence-electron chi connectivity index (χ2n) is 6.94. The zero-order valence-electron chi connectivity index (χ0n) is 14.2. The topological polar surface area (TPSA) is 83.5 Å². The number of carbonyl (C=O) groups excluding carboxylic acids is 1. The van der Waals surface area contributed by atoms with Gasteiger partial charge in [0.05, 0.1) is 17.1 Å². The maximum absolute atomic E-state index is 12.5. The second kappa shape index (κ2) is 6.66. The summed E-state index contributed by atoms with van der Waals surface area (Å²) in [6, 6.07) is -0.0977. The average Bonchev–Trinajstić information content (AvgIpc) is 2.93. The summed E-state index contributed by atoms with van der Waals surface area (Å²) in [7, 11) is -1.15. The van der Waals surface area contributed by atoms with Crippen molar-refractivity contribution < 1.29 is 13.2 Å². The van der Waals surface area contributed by atoms with Gasteiger partial charge in [0.25, 0.3) is 5.91 Å². The molecule has 8 heteroatoms. The summed E-state index contributed by atoms with van der Waals surface area (Å²) >= 11 is 0. The molecule has 0 aromatic carbocycles. The van der Waals surface area contributed by atoms with E-state index in [2.05, 4.69) is 16.9 Å². The molecule has 2 fully saturated rings. The molecule has 1 aromatic rings. The third-order valence-electron chi connectivity index (χ3n) is 4.90. The van der Waals surface area contributed by atoms with E-state index in [0.29, 0.717) is 23.9 Å². The molecule has 1 aromatic heterocycles. The van der Waals surface area contributed by atoms with Gasteiger partial charge in [-0.3, -0.25) is 4.79 Å². The van der Waals surface area contributed by atoms with E-state index >= 15 is 0 Å². The van der Waals surface area contributed by atoms with Crippen molar-refractivity contribution >= 4 is 21.7 Å². The molecule has 0 saturated carbocycles. The molecule has 24 heavy (non-hydrogen) atoms. The fourth-order valence-electron chi connectivity index (χ4n) is 3.41. The molecular weight excluding hydrogens is 328 g/mol. The average molecular weight is 352 g/mol. The van der Waals surface area contributed by atoms with Crippen molar-refractivity contribution in [1.82, 2.24) is 14.9 Å². The Morgan fingerprint density at radius 2 is 2.00 bits per heavy atom. The number of hydrogen-bond acceptors (Lipinski definition) is 6. The van der Waals surface area contributed by atoms with Gasteiger partial charge < -0.3 is 9.80 Å². The molecular formula is C16H24N4O3S. The number of anilines is 1. The van der Waals surface area contributed by atoms with Crippen LogP contribution in [0.2, 0.25) is 0 Å². The van der Waals surface area contributed by atoms with Crippen LogP contribution in [0, 0.1) is 5.92 Å². The van der Waals surface area contributed by atoms with Gasteiger partial charge in [0.1, 0.15) is 0 Å². The van der Waals surface area contributed by atoms with Crippen LogP contribution >= 0.6 is 0 Å². The van der Waals surface area contributed by atoms with E-state index < -0.39 is 9.84 Å². The highest BCUT2D eigenvalue weighted by molar-refractivity contribution is 7.91. The lowest BCUT2D eigenvalue weighted by Crippen LogP contribution is -2.39. The zero-order chi connectivity index (χ0) is 17.3. The largest absolute Gasteiger partial charge is 0.340 e. The van der Waals surface area contributed by atoms with Crippen LogP contribution in [0.3, 0.4) is 0 Å². The third kappa shape index (κ3) is 3.68. The predicted octanol–water partition coefficient (Wildman–Crippen LogP) is 0.972. The van der Waals surface area contributed by atoms with E-state index in [9.17, 15) is 13.2 Å². The third-order valence-corrected chi connectivity index (χ3v) is 6.65. The van der Waals surface area contributed by atoms with Gasteiger partial charge >= 0.3 is 0 Å². The Bertz CT molecular complexity index is 705. The highest BCUT2D eigenvalue weighted by Crippen LogP contribution is 2.21. The second-order valence-corrected chi connectivity index (χ2v) is 9.17. The zero-order valence-corrected chi connectivity index (χ0v) is 15.0. The Balaban J connectivity index is 1.68. The Hall–Kier alpha value is -1.70. The molecule has 2 aliphatic rings. The molecule has 0 spiro atoms. The van der Waals surface area contributed by atoms with Crippen molar-refractivity contribution in [3.63, 3.8) is 0 Å². The SMILES string of the molecule is CC1CCCN(C(=O)c2cnc(N(C)C3CCS(=O)(=O)C3)nc2)C1. The summed E-state index contributed by atoms with van der Waals surface area (Å²) in [5.41, 5.74) is 0.486. The van der Waals surface area contributed by atoms with E-state index in [0.717, 1.165) is 25.9 Å². The van der Waals surface area contributed by atoms with Crippen molar-refractivity contribution in [2.75, 3.05) is 36.5 Å². The molecule has 1 amide bonds. The Morgan fingerprint density at radius 3 is 2.58 bits per heavy atom. The summed E-state index contributed by atoms with van der Waals surface area (Å²) in [6.07, 6.45) is 5.88. The fraction of sp³-hybridized carbons (Fsp3) is 0.688. The molecule has 132 valence electrons. The molecule has 0 radical (unpaired) electrons. The summed E-state index contributed by atoms with van der Waals surface area (Å²) in [6.45, 7) is 3.72. The van der Waals surface area contributed by atoms with Crippen LogP contribution in [0.1, 0.15) is 36.5 Å². The molecule has 0 bridgehead atoms. The van der Waals surface area contributed by atoms with Gasteiger partial charge in [-0.15, -0.1) is 0 Å². The van der Waals surface area contributed by atoms with Gasteiger partial charge in [-0.05, 0) is 25.2 Å². The number of amides is 1. The number of hydrogen-bond donors (Lipinski definition) is 0. The smallest absolute Gasteiger partial charge is 0.257 e. The van der Waals surface area contributed by atoms with Crippen LogP contribution in [0.4, 0.5) is 5.95 Å². The van der Waals surface area contributed by atoms with E-state index in [4.69, 9.17) is 0 Å². The number of aromatic nitrogens is 2. The number of nitrogens with zero attached hydrogens (tertiary/aromatic N) is 4. The van der Waals surface area contributed by atoms with Crippen LogP contribution < -0.4 is 4.90 Å². The highest BCUT2D eigenvalue weighted by Gasteiger charge is 2.32. The fourth-order valence-corrected chi connectivity index (χ4v) is 5.19. The van der Waals surface area contributed by atoms with Crippen molar-refractivity contribution in [1.29, 1.82) is 0 Å². The molecule has 3 heterocycles. The van der Waals surface area contributed by atoms with E-state index in [1.165, 1.54) is 0 Å². The van der Waals surface area contributed by atoms with Gasteiger partial charge in [-0.25, -0.2) is 18.4 Å². The van der Waals surface area contributed by atoms with Gasteiger partial charge in [0.2, 0.25) is 5.95 Å². The van der Waals surface area contributed by atoms with Gasteiger partial charge in [-0.2, -0.15) is 0 Å². The van der Waals surface area contributed by atoms with Crippen molar-refractivity contribution in [2.24, 2.45) is 5.92 Å². The molecule has 7 nitrogen and oxygen atoms in total. The molecule has 2 aliphatic heterocycles. The first-order chi connectivity index (χ1) is 11.4. The van der Waals surface area contributed by atoms with Crippen molar-refractivity contribution in [3.8, 4) is 0 Å². The summed E-state index contributed by atoms with van der Waals surface area (Å²) in [5, 5.41) is 0. The normalized spacial score (nSPS) is 26.3. The minimum atomic E-state index is -2.95. The van der Waals surface area contributed by atoms with Gasteiger partial charge in [0.15, 0.2) is 9.84 Å². The number of rotatable bonds is 3. The number of carbonyl (C=O) groups is 1. The molecule has 0 N–H and O–H groups in total. The molecule has 3 rings (SSSR count). The highest BCUT2D eigenvalue weighted by atomic mass is 32.2. The minimum Gasteiger partial charge on any atom is -0.340 e. The maximum atomic E-state index is 12.5. The predicted molar refractivity (Wildman–Crippen MR) is 91.8 cm³/mol. The first kappa shape index (κ1) is 17.1. The summed E-state index contributed by atoms with van der Waals surface area (Å²) < 4.78 is 23.2. The first-order valence-electron chi connectivity index (χ1n) is 8.40. The lowest BCUT2D eigenvalue weighted by molar-refractivity contribution is 0.0682. The van der Waals surface area contributed by atoms with Crippen LogP contribution in [-0.2, 0) is 9.84 Å².